The third-order valence-electron chi connectivity index (χ3n) is 4.74. The number of carbonyl (C=O) groups is 1. The van der Waals surface area contributed by atoms with E-state index in [1.165, 1.54) is 0 Å². The summed E-state index contributed by atoms with van der Waals surface area (Å²) in [5.41, 5.74) is 2.54. The van der Waals surface area contributed by atoms with Gasteiger partial charge in [0, 0.05) is 5.56 Å². The van der Waals surface area contributed by atoms with Crippen LogP contribution in [0.3, 0.4) is 0 Å². The quantitative estimate of drug-likeness (QED) is 0.644. The Morgan fingerprint density at radius 1 is 1.00 bits per heavy atom. The zero-order valence-electron chi connectivity index (χ0n) is 16.2. The molecule has 0 spiro atoms. The molecule has 6 heteroatoms. The summed E-state index contributed by atoms with van der Waals surface area (Å²) in [7, 11) is 1.64. The number of amides is 1. The molecule has 3 aromatic rings. The first kappa shape index (κ1) is 18.8. The molecule has 2 heterocycles. The number of methoxy groups -OCH3 is 1. The van der Waals surface area contributed by atoms with Crippen LogP contribution in [-0.2, 0) is 11.3 Å². The van der Waals surface area contributed by atoms with Gasteiger partial charge in [-0.25, -0.2) is 4.98 Å². The van der Waals surface area contributed by atoms with E-state index in [0.717, 1.165) is 28.5 Å². The molecule has 0 radical (unpaired) electrons. The van der Waals surface area contributed by atoms with E-state index < -0.39 is 0 Å². The summed E-state index contributed by atoms with van der Waals surface area (Å²) >= 11 is 0. The molecule has 0 saturated carbocycles. The van der Waals surface area contributed by atoms with Crippen molar-refractivity contribution in [1.29, 1.82) is 0 Å². The first-order valence-electron chi connectivity index (χ1n) is 9.46. The topological polar surface area (TPSA) is 60.9 Å². The van der Waals surface area contributed by atoms with Gasteiger partial charge < -0.3 is 19.1 Å². The van der Waals surface area contributed by atoms with E-state index in [-0.39, 0.29) is 12.5 Å². The fourth-order valence-corrected chi connectivity index (χ4v) is 3.15. The summed E-state index contributed by atoms with van der Waals surface area (Å²) in [4.78, 5) is 18.9. The second-order valence-corrected chi connectivity index (χ2v) is 6.64. The smallest absolute Gasteiger partial charge is 0.260 e. The Morgan fingerprint density at radius 3 is 2.55 bits per heavy atom. The molecule has 2 aromatic carbocycles. The highest BCUT2D eigenvalue weighted by Gasteiger charge is 2.23. The summed E-state index contributed by atoms with van der Waals surface area (Å²) in [5.74, 6) is 2.14. The van der Waals surface area contributed by atoms with Gasteiger partial charge in [0.1, 0.15) is 29.5 Å². The van der Waals surface area contributed by atoms with Crippen LogP contribution in [-0.4, -0.2) is 42.7 Å². The van der Waals surface area contributed by atoms with E-state index in [2.05, 4.69) is 0 Å². The van der Waals surface area contributed by atoms with Gasteiger partial charge in [-0.3, -0.25) is 4.79 Å². The van der Waals surface area contributed by atoms with E-state index in [0.29, 0.717) is 25.4 Å². The largest absolute Gasteiger partial charge is 0.497 e. The number of fused-ring (bicyclic) bond motifs is 1. The number of hydrogen-bond donors (Lipinski definition) is 0. The molecule has 0 fully saturated rings. The van der Waals surface area contributed by atoms with Crippen LogP contribution < -0.4 is 14.2 Å². The summed E-state index contributed by atoms with van der Waals surface area (Å²) in [6.45, 7) is 1.26. The minimum absolute atomic E-state index is 0.00188. The molecular weight excluding hydrogens is 368 g/mol. The molecule has 0 atom stereocenters. The number of nitrogens with zero attached hydrogens (tertiary/aromatic N) is 2. The molecule has 0 N–H and O–H groups in total. The molecule has 6 nitrogen and oxygen atoms in total. The van der Waals surface area contributed by atoms with Crippen molar-refractivity contribution >= 4 is 5.91 Å². The molecule has 29 heavy (non-hydrogen) atoms. The van der Waals surface area contributed by atoms with Gasteiger partial charge in [-0.2, -0.15) is 0 Å². The predicted molar refractivity (Wildman–Crippen MR) is 109 cm³/mol. The lowest BCUT2D eigenvalue weighted by atomic mass is 10.1. The Kier molecular flexibility index (Phi) is 5.61. The van der Waals surface area contributed by atoms with Gasteiger partial charge in [0.2, 0.25) is 0 Å². The van der Waals surface area contributed by atoms with Crippen molar-refractivity contribution in [3.63, 3.8) is 0 Å². The highest BCUT2D eigenvalue weighted by molar-refractivity contribution is 5.78. The molecule has 0 bridgehead atoms. The Morgan fingerprint density at radius 2 is 1.79 bits per heavy atom. The predicted octanol–water partition coefficient (Wildman–Crippen LogP) is 3.56. The van der Waals surface area contributed by atoms with E-state index >= 15 is 0 Å². The van der Waals surface area contributed by atoms with Crippen molar-refractivity contribution in [2.45, 2.75) is 6.54 Å². The second-order valence-electron chi connectivity index (χ2n) is 6.64. The summed E-state index contributed by atoms with van der Waals surface area (Å²) in [6, 6.07) is 21.1. The van der Waals surface area contributed by atoms with Crippen LogP contribution in [0.2, 0.25) is 0 Å². The number of hydrogen-bond acceptors (Lipinski definition) is 5. The van der Waals surface area contributed by atoms with Gasteiger partial charge in [-0.05, 0) is 48.5 Å². The van der Waals surface area contributed by atoms with Gasteiger partial charge in [-0.1, -0.05) is 18.2 Å². The molecule has 1 amide bonds. The first-order chi connectivity index (χ1) is 14.2. The van der Waals surface area contributed by atoms with E-state index in [4.69, 9.17) is 19.2 Å². The van der Waals surface area contributed by atoms with Crippen LogP contribution in [0.25, 0.3) is 11.3 Å². The number of para-hydroxylation sites is 1. The molecule has 4 rings (SSSR count). The van der Waals surface area contributed by atoms with Gasteiger partial charge in [0.05, 0.1) is 25.9 Å². The Balaban J connectivity index is 1.48. The number of rotatable bonds is 6. The van der Waals surface area contributed by atoms with Gasteiger partial charge in [-0.15, -0.1) is 0 Å². The van der Waals surface area contributed by atoms with Crippen LogP contribution in [0.15, 0.2) is 66.7 Å². The standard InChI is InChI=1S/C23H22N2O4/c1-27-18-9-7-17(8-10-18)20-11-12-22-21(24-20)15-25(23(26)16-29-22)13-14-28-19-5-3-2-4-6-19/h2-12H,13-16H2,1H3. The Hall–Kier alpha value is -3.54. The summed E-state index contributed by atoms with van der Waals surface area (Å²) in [6.07, 6.45) is 0. The highest BCUT2D eigenvalue weighted by atomic mass is 16.5. The lowest BCUT2D eigenvalue weighted by Gasteiger charge is -2.20. The van der Waals surface area contributed by atoms with Crippen LogP contribution in [0.4, 0.5) is 0 Å². The molecule has 1 aromatic heterocycles. The number of ether oxygens (including phenoxy) is 3. The van der Waals surface area contributed by atoms with Gasteiger partial charge in [0.15, 0.2) is 6.61 Å². The molecule has 0 saturated heterocycles. The van der Waals surface area contributed by atoms with E-state index in [1.54, 1.807) is 12.0 Å². The number of pyridine rings is 1. The van der Waals surface area contributed by atoms with Crippen molar-refractivity contribution in [2.24, 2.45) is 0 Å². The molecular formula is C23H22N2O4. The fraction of sp³-hybridized carbons (Fsp3) is 0.217. The maximum Gasteiger partial charge on any atom is 0.260 e. The zero-order valence-corrected chi connectivity index (χ0v) is 16.2. The van der Waals surface area contributed by atoms with Gasteiger partial charge >= 0.3 is 0 Å². The van der Waals surface area contributed by atoms with Crippen LogP contribution in [0.5, 0.6) is 17.2 Å². The van der Waals surface area contributed by atoms with E-state index in [1.807, 2.05) is 66.7 Å². The maximum atomic E-state index is 12.5. The normalized spacial score (nSPS) is 13.3. The maximum absolute atomic E-state index is 12.5. The third-order valence-corrected chi connectivity index (χ3v) is 4.74. The molecule has 0 aliphatic carbocycles. The second kappa shape index (κ2) is 8.65. The van der Waals surface area contributed by atoms with Crippen molar-refractivity contribution in [3.05, 3.63) is 72.4 Å². The van der Waals surface area contributed by atoms with E-state index in [9.17, 15) is 4.79 Å². The fourth-order valence-electron chi connectivity index (χ4n) is 3.15. The molecule has 148 valence electrons. The highest BCUT2D eigenvalue weighted by Crippen LogP contribution is 2.27. The average molecular weight is 390 g/mol. The summed E-state index contributed by atoms with van der Waals surface area (Å²) in [5, 5.41) is 0. The number of aromatic nitrogens is 1. The lowest BCUT2D eigenvalue weighted by molar-refractivity contribution is -0.133. The minimum Gasteiger partial charge on any atom is -0.497 e. The third kappa shape index (κ3) is 4.48. The van der Waals surface area contributed by atoms with Crippen LogP contribution in [0.1, 0.15) is 5.69 Å². The number of benzene rings is 2. The van der Waals surface area contributed by atoms with Crippen molar-refractivity contribution < 1.29 is 19.0 Å². The van der Waals surface area contributed by atoms with Gasteiger partial charge in [0.25, 0.3) is 5.91 Å². The molecule has 0 unspecified atom stereocenters. The number of carbonyl (C=O) groups excluding carboxylic acids is 1. The summed E-state index contributed by atoms with van der Waals surface area (Å²) < 4.78 is 16.6. The Labute approximate surface area is 169 Å². The van der Waals surface area contributed by atoms with Crippen LogP contribution >= 0.6 is 0 Å². The van der Waals surface area contributed by atoms with Crippen molar-refractivity contribution in [3.8, 4) is 28.5 Å². The minimum atomic E-state index is -0.0781. The first-order valence-corrected chi connectivity index (χ1v) is 9.46. The monoisotopic (exact) mass is 390 g/mol. The van der Waals surface area contributed by atoms with Crippen molar-refractivity contribution in [2.75, 3.05) is 26.9 Å². The SMILES string of the molecule is COc1ccc(-c2ccc3c(n2)CN(CCOc2ccccc2)C(=O)CO3)cc1. The van der Waals surface area contributed by atoms with Crippen molar-refractivity contribution in [1.82, 2.24) is 9.88 Å². The molecule has 1 aliphatic rings. The Bertz CT molecular complexity index is 974. The lowest BCUT2D eigenvalue weighted by Crippen LogP contribution is -2.35. The average Bonchev–Trinajstić information content (AvgIpc) is 2.93. The van der Waals surface area contributed by atoms with Crippen LogP contribution in [0, 0.1) is 0 Å². The zero-order chi connectivity index (χ0) is 20.1. The molecule has 1 aliphatic heterocycles.